The predicted octanol–water partition coefficient (Wildman–Crippen LogP) is 1.31. The topological polar surface area (TPSA) is 40.5 Å². The van der Waals surface area contributed by atoms with Gasteiger partial charge in [0.15, 0.2) is 0 Å². The Labute approximate surface area is 92.5 Å². The second-order valence-corrected chi connectivity index (χ2v) is 5.52. The van der Waals surface area contributed by atoms with Gasteiger partial charge in [0, 0.05) is 25.4 Å². The molecule has 3 heteroatoms. The van der Waals surface area contributed by atoms with E-state index < -0.39 is 0 Å². The Bertz CT molecular complexity index is 226. The molecule has 1 aliphatic carbocycles. The minimum absolute atomic E-state index is 0.167. The summed E-state index contributed by atoms with van der Waals surface area (Å²) in [5.74, 6) is 0.574. The summed E-state index contributed by atoms with van der Waals surface area (Å²) in [4.78, 5) is 13.8. The Morgan fingerprint density at radius 3 is 2.80 bits per heavy atom. The molecule has 0 amide bonds. The number of likely N-dealkylation sites (N-methyl/N-ethyl adjacent to an activating group) is 1. The molecule has 1 N–H and O–H groups in total. The Morgan fingerprint density at radius 1 is 1.53 bits per heavy atom. The molecule has 0 aliphatic heterocycles. The maximum Gasteiger partial charge on any atom is 0.137 e. The van der Waals surface area contributed by atoms with Crippen molar-refractivity contribution in [3.05, 3.63) is 0 Å². The monoisotopic (exact) mass is 213 g/mol. The molecule has 1 atom stereocenters. The van der Waals surface area contributed by atoms with E-state index in [0.717, 1.165) is 25.8 Å². The van der Waals surface area contributed by atoms with Crippen LogP contribution >= 0.6 is 0 Å². The lowest BCUT2D eigenvalue weighted by atomic mass is 9.71. The van der Waals surface area contributed by atoms with E-state index in [0.29, 0.717) is 17.7 Å². The van der Waals surface area contributed by atoms with Crippen LogP contribution in [0.5, 0.6) is 0 Å². The van der Waals surface area contributed by atoms with E-state index in [4.69, 9.17) is 5.11 Å². The van der Waals surface area contributed by atoms with Gasteiger partial charge in [0.2, 0.25) is 0 Å². The standard InChI is InChI=1S/C12H23NO2/c1-12(2)5-4-11(15)10(8-12)9-13(3)6-7-14/h10,14H,4-9H2,1-3H3. The molecule has 0 heterocycles. The Morgan fingerprint density at radius 2 is 2.20 bits per heavy atom. The van der Waals surface area contributed by atoms with Crippen LogP contribution in [-0.4, -0.2) is 42.5 Å². The highest BCUT2D eigenvalue weighted by Gasteiger charge is 2.33. The van der Waals surface area contributed by atoms with Gasteiger partial charge in [-0.3, -0.25) is 4.79 Å². The van der Waals surface area contributed by atoms with Crippen LogP contribution in [0, 0.1) is 11.3 Å². The van der Waals surface area contributed by atoms with Crippen LogP contribution in [0.3, 0.4) is 0 Å². The first kappa shape index (κ1) is 12.7. The number of nitrogens with zero attached hydrogens (tertiary/aromatic N) is 1. The summed E-state index contributed by atoms with van der Waals surface area (Å²) in [6.07, 6.45) is 2.73. The van der Waals surface area contributed by atoms with Crippen LogP contribution in [0.15, 0.2) is 0 Å². The molecule has 15 heavy (non-hydrogen) atoms. The van der Waals surface area contributed by atoms with E-state index in [1.54, 1.807) is 0 Å². The number of Topliss-reactive ketones (excluding diaryl/α,β-unsaturated/α-hetero) is 1. The minimum Gasteiger partial charge on any atom is -0.395 e. The van der Waals surface area contributed by atoms with Crippen molar-refractivity contribution in [3.63, 3.8) is 0 Å². The Hall–Kier alpha value is -0.410. The van der Waals surface area contributed by atoms with E-state index in [2.05, 4.69) is 13.8 Å². The van der Waals surface area contributed by atoms with Crippen LogP contribution in [0.1, 0.15) is 33.1 Å². The lowest BCUT2D eigenvalue weighted by molar-refractivity contribution is -0.127. The lowest BCUT2D eigenvalue weighted by Gasteiger charge is -2.35. The molecule has 1 saturated carbocycles. The molecule has 1 fully saturated rings. The zero-order chi connectivity index (χ0) is 11.5. The van der Waals surface area contributed by atoms with Gasteiger partial charge in [-0.25, -0.2) is 0 Å². The van der Waals surface area contributed by atoms with E-state index in [9.17, 15) is 4.79 Å². The average Bonchev–Trinajstić information content (AvgIpc) is 2.11. The molecule has 1 aliphatic rings. The minimum atomic E-state index is 0.167. The SMILES string of the molecule is CN(CCO)CC1CC(C)(C)CCC1=O. The average molecular weight is 213 g/mol. The van der Waals surface area contributed by atoms with Gasteiger partial charge in [-0.15, -0.1) is 0 Å². The van der Waals surface area contributed by atoms with Crippen LogP contribution in [0.25, 0.3) is 0 Å². The third-order valence-corrected chi connectivity index (χ3v) is 3.32. The molecule has 1 rings (SSSR count). The van der Waals surface area contributed by atoms with E-state index in [-0.39, 0.29) is 12.5 Å². The van der Waals surface area contributed by atoms with Gasteiger partial charge in [0.25, 0.3) is 0 Å². The molecule has 0 spiro atoms. The quantitative estimate of drug-likeness (QED) is 0.765. The lowest BCUT2D eigenvalue weighted by Crippen LogP contribution is -2.38. The number of carbonyl (C=O) groups is 1. The molecule has 0 radical (unpaired) electrons. The maximum absolute atomic E-state index is 11.7. The van der Waals surface area contributed by atoms with Crippen molar-refractivity contribution in [1.82, 2.24) is 4.90 Å². The van der Waals surface area contributed by atoms with E-state index in [1.807, 2.05) is 11.9 Å². The van der Waals surface area contributed by atoms with Gasteiger partial charge in [0.1, 0.15) is 5.78 Å². The van der Waals surface area contributed by atoms with Gasteiger partial charge in [-0.2, -0.15) is 0 Å². The highest BCUT2D eigenvalue weighted by molar-refractivity contribution is 5.82. The molecule has 88 valence electrons. The molecule has 1 unspecified atom stereocenters. The number of hydrogen-bond donors (Lipinski definition) is 1. The number of carbonyl (C=O) groups excluding carboxylic acids is 1. The van der Waals surface area contributed by atoms with Gasteiger partial charge in [-0.1, -0.05) is 13.8 Å². The summed E-state index contributed by atoms with van der Waals surface area (Å²) in [7, 11) is 1.96. The molecule has 0 saturated heterocycles. The number of aliphatic hydroxyl groups excluding tert-OH is 1. The van der Waals surface area contributed by atoms with Gasteiger partial charge in [-0.05, 0) is 25.3 Å². The summed E-state index contributed by atoms with van der Waals surface area (Å²) in [6.45, 7) is 6.09. The van der Waals surface area contributed by atoms with Gasteiger partial charge >= 0.3 is 0 Å². The van der Waals surface area contributed by atoms with Crippen LogP contribution in [0.4, 0.5) is 0 Å². The number of hydrogen-bond acceptors (Lipinski definition) is 3. The predicted molar refractivity (Wildman–Crippen MR) is 60.7 cm³/mol. The van der Waals surface area contributed by atoms with Crippen molar-refractivity contribution >= 4 is 5.78 Å². The van der Waals surface area contributed by atoms with Crippen LogP contribution in [0.2, 0.25) is 0 Å². The zero-order valence-corrected chi connectivity index (χ0v) is 10.1. The van der Waals surface area contributed by atoms with Crippen molar-refractivity contribution < 1.29 is 9.90 Å². The first-order valence-corrected chi connectivity index (χ1v) is 5.77. The smallest absolute Gasteiger partial charge is 0.137 e. The van der Waals surface area contributed by atoms with Crippen molar-refractivity contribution in [2.24, 2.45) is 11.3 Å². The van der Waals surface area contributed by atoms with Crippen molar-refractivity contribution in [3.8, 4) is 0 Å². The van der Waals surface area contributed by atoms with E-state index in [1.165, 1.54) is 0 Å². The maximum atomic E-state index is 11.7. The zero-order valence-electron chi connectivity index (χ0n) is 10.1. The molecule has 0 aromatic rings. The summed E-state index contributed by atoms with van der Waals surface area (Å²) >= 11 is 0. The third-order valence-electron chi connectivity index (χ3n) is 3.32. The van der Waals surface area contributed by atoms with Crippen molar-refractivity contribution in [1.29, 1.82) is 0 Å². The van der Waals surface area contributed by atoms with Crippen molar-refractivity contribution in [2.45, 2.75) is 33.1 Å². The fourth-order valence-electron chi connectivity index (χ4n) is 2.35. The first-order valence-electron chi connectivity index (χ1n) is 5.77. The molecule has 0 bridgehead atoms. The fraction of sp³-hybridized carbons (Fsp3) is 0.917. The van der Waals surface area contributed by atoms with Crippen LogP contribution in [-0.2, 0) is 4.79 Å². The highest BCUT2D eigenvalue weighted by Crippen LogP contribution is 2.36. The number of aliphatic hydroxyl groups is 1. The summed E-state index contributed by atoms with van der Waals surface area (Å²) in [6, 6.07) is 0. The molecular weight excluding hydrogens is 190 g/mol. The number of rotatable bonds is 4. The van der Waals surface area contributed by atoms with Gasteiger partial charge < -0.3 is 10.0 Å². The number of ketones is 1. The Balaban J connectivity index is 2.48. The fourth-order valence-corrected chi connectivity index (χ4v) is 2.35. The largest absolute Gasteiger partial charge is 0.395 e. The third kappa shape index (κ3) is 3.92. The molecular formula is C12H23NO2. The second-order valence-electron chi connectivity index (χ2n) is 5.52. The highest BCUT2D eigenvalue weighted by atomic mass is 16.3. The van der Waals surface area contributed by atoms with E-state index >= 15 is 0 Å². The molecule has 0 aromatic carbocycles. The summed E-state index contributed by atoms with van der Waals surface area (Å²) < 4.78 is 0. The molecule has 0 aromatic heterocycles. The Kier molecular flexibility index (Phi) is 4.29. The van der Waals surface area contributed by atoms with Crippen LogP contribution < -0.4 is 0 Å². The second kappa shape index (κ2) is 5.08. The summed E-state index contributed by atoms with van der Waals surface area (Å²) in [5.41, 5.74) is 0.304. The molecule has 3 nitrogen and oxygen atoms in total. The summed E-state index contributed by atoms with van der Waals surface area (Å²) in [5, 5.41) is 8.81. The first-order chi connectivity index (χ1) is 6.94. The van der Waals surface area contributed by atoms with Gasteiger partial charge in [0.05, 0.1) is 6.61 Å². The van der Waals surface area contributed by atoms with Crippen molar-refractivity contribution in [2.75, 3.05) is 26.7 Å². The normalized spacial score (nSPS) is 25.9.